The molecule has 104 valence electrons. The minimum atomic E-state index is -0.866. The minimum Gasteiger partial charge on any atom is -0.391 e. The maximum Gasteiger partial charge on any atom is 0.282 e. The van der Waals surface area contributed by atoms with Gasteiger partial charge in [-0.25, -0.2) is 0 Å². The summed E-state index contributed by atoms with van der Waals surface area (Å²) in [5.74, 6) is -0.568. The highest BCUT2D eigenvalue weighted by molar-refractivity contribution is 5.98. The molecule has 0 spiro atoms. The Kier molecular flexibility index (Phi) is 4.26. The molecule has 0 aliphatic carbocycles. The molecule has 0 bridgehead atoms. The van der Waals surface area contributed by atoms with Gasteiger partial charge in [0.2, 0.25) is 0 Å². The van der Waals surface area contributed by atoms with Crippen molar-refractivity contribution in [1.82, 2.24) is 5.32 Å². The normalized spacial score (nSPS) is 12.9. The summed E-state index contributed by atoms with van der Waals surface area (Å²) in [5.41, 5.74) is -0.358. The molecule has 19 heavy (non-hydrogen) atoms. The number of hydrogen-bond acceptors (Lipinski definition) is 4. The van der Waals surface area contributed by atoms with Gasteiger partial charge < -0.3 is 10.4 Å². The molecule has 6 nitrogen and oxygen atoms in total. The zero-order valence-corrected chi connectivity index (χ0v) is 11.4. The molecular weight excluding hydrogens is 248 g/mol. The number of carbonyl (C=O) groups excluding carboxylic acids is 1. The smallest absolute Gasteiger partial charge is 0.282 e. The van der Waals surface area contributed by atoms with Gasteiger partial charge in [-0.1, -0.05) is 6.07 Å². The molecule has 0 aliphatic heterocycles. The fourth-order valence-electron chi connectivity index (χ4n) is 1.46. The van der Waals surface area contributed by atoms with Crippen LogP contribution in [0.1, 0.15) is 36.7 Å². The molecular formula is C13H18N2O4. The first-order valence-electron chi connectivity index (χ1n) is 5.91. The number of nitrogens with one attached hydrogen (secondary N) is 1. The molecule has 0 fully saturated rings. The zero-order valence-electron chi connectivity index (χ0n) is 11.4. The average molecular weight is 266 g/mol. The lowest BCUT2D eigenvalue weighted by Gasteiger charge is -2.29. The first-order valence-corrected chi connectivity index (χ1v) is 5.91. The number of hydrogen-bond donors (Lipinski definition) is 2. The van der Waals surface area contributed by atoms with Crippen LogP contribution in [0.25, 0.3) is 0 Å². The SMILES string of the molecule is Cc1ccc([N+](=O)[O-])c(C(=O)NC(C)(C)C(C)O)c1. The van der Waals surface area contributed by atoms with Crippen molar-refractivity contribution in [2.75, 3.05) is 0 Å². The maximum absolute atomic E-state index is 12.1. The number of aryl methyl sites for hydroxylation is 1. The molecule has 1 amide bonds. The summed E-state index contributed by atoms with van der Waals surface area (Å²) in [6, 6.07) is 4.35. The minimum absolute atomic E-state index is 0.00118. The van der Waals surface area contributed by atoms with E-state index in [2.05, 4.69) is 5.32 Å². The number of nitro benzene ring substituents is 1. The van der Waals surface area contributed by atoms with Crippen molar-refractivity contribution in [3.8, 4) is 0 Å². The van der Waals surface area contributed by atoms with Gasteiger partial charge in [-0.05, 0) is 39.3 Å². The second-order valence-electron chi connectivity index (χ2n) is 5.13. The van der Waals surface area contributed by atoms with Crippen LogP contribution in [0.4, 0.5) is 5.69 Å². The van der Waals surface area contributed by atoms with E-state index in [1.54, 1.807) is 33.8 Å². The first-order chi connectivity index (χ1) is 8.65. The van der Waals surface area contributed by atoms with Crippen LogP contribution in [0, 0.1) is 17.0 Å². The van der Waals surface area contributed by atoms with Crippen molar-refractivity contribution < 1.29 is 14.8 Å². The highest BCUT2D eigenvalue weighted by Crippen LogP contribution is 2.21. The summed E-state index contributed by atoms with van der Waals surface area (Å²) in [6.07, 6.45) is -0.777. The lowest BCUT2D eigenvalue weighted by Crippen LogP contribution is -2.51. The van der Waals surface area contributed by atoms with Gasteiger partial charge in [0, 0.05) is 6.07 Å². The predicted molar refractivity (Wildman–Crippen MR) is 71.1 cm³/mol. The van der Waals surface area contributed by atoms with Crippen molar-refractivity contribution in [3.05, 3.63) is 39.4 Å². The van der Waals surface area contributed by atoms with Crippen LogP contribution < -0.4 is 5.32 Å². The molecule has 0 saturated carbocycles. The Labute approximate surface area is 111 Å². The number of aliphatic hydroxyl groups excluding tert-OH is 1. The Bertz CT molecular complexity index is 509. The Morgan fingerprint density at radius 1 is 1.47 bits per heavy atom. The van der Waals surface area contributed by atoms with Crippen LogP contribution in [0.2, 0.25) is 0 Å². The summed E-state index contributed by atoms with van der Waals surface area (Å²) >= 11 is 0. The molecule has 0 saturated heterocycles. The number of aliphatic hydroxyl groups is 1. The molecule has 0 radical (unpaired) electrons. The molecule has 6 heteroatoms. The second kappa shape index (κ2) is 5.36. The lowest BCUT2D eigenvalue weighted by molar-refractivity contribution is -0.385. The topological polar surface area (TPSA) is 92.5 Å². The number of rotatable bonds is 4. The molecule has 0 heterocycles. The van der Waals surface area contributed by atoms with Crippen LogP contribution >= 0.6 is 0 Å². The summed E-state index contributed by atoms with van der Waals surface area (Å²) in [6.45, 7) is 6.60. The van der Waals surface area contributed by atoms with Crippen molar-refractivity contribution >= 4 is 11.6 Å². The van der Waals surface area contributed by atoms with Crippen LogP contribution in [0.3, 0.4) is 0 Å². The van der Waals surface area contributed by atoms with Gasteiger partial charge in [0.25, 0.3) is 11.6 Å². The van der Waals surface area contributed by atoms with Gasteiger partial charge in [0.15, 0.2) is 0 Å². The molecule has 0 aromatic heterocycles. The van der Waals surface area contributed by atoms with Gasteiger partial charge >= 0.3 is 0 Å². The van der Waals surface area contributed by atoms with E-state index in [0.717, 1.165) is 5.56 Å². The van der Waals surface area contributed by atoms with Crippen molar-refractivity contribution in [1.29, 1.82) is 0 Å². The van der Waals surface area contributed by atoms with E-state index >= 15 is 0 Å². The fraction of sp³-hybridized carbons (Fsp3) is 0.462. The predicted octanol–water partition coefficient (Wildman–Crippen LogP) is 1.79. The third-order valence-corrected chi connectivity index (χ3v) is 3.07. The highest BCUT2D eigenvalue weighted by Gasteiger charge is 2.29. The van der Waals surface area contributed by atoms with E-state index in [4.69, 9.17) is 0 Å². The summed E-state index contributed by atoms with van der Waals surface area (Å²) in [5, 5.41) is 23.1. The fourth-order valence-corrected chi connectivity index (χ4v) is 1.46. The van der Waals surface area contributed by atoms with E-state index in [0.29, 0.717) is 0 Å². The van der Waals surface area contributed by atoms with E-state index in [1.807, 2.05) is 0 Å². The zero-order chi connectivity index (χ0) is 14.8. The van der Waals surface area contributed by atoms with Gasteiger partial charge in [-0.3, -0.25) is 14.9 Å². The number of amides is 1. The number of nitro groups is 1. The molecule has 1 aromatic rings. The van der Waals surface area contributed by atoms with E-state index in [1.165, 1.54) is 12.1 Å². The van der Waals surface area contributed by atoms with Gasteiger partial charge in [0.1, 0.15) is 5.56 Å². The maximum atomic E-state index is 12.1. The second-order valence-corrected chi connectivity index (χ2v) is 5.13. The van der Waals surface area contributed by atoms with Crippen LogP contribution in [-0.4, -0.2) is 27.6 Å². The number of carbonyl (C=O) groups is 1. The van der Waals surface area contributed by atoms with E-state index in [9.17, 15) is 20.0 Å². The van der Waals surface area contributed by atoms with Gasteiger partial charge in [0.05, 0.1) is 16.6 Å². The Hall–Kier alpha value is -1.95. The largest absolute Gasteiger partial charge is 0.391 e. The van der Waals surface area contributed by atoms with Crippen LogP contribution in [0.5, 0.6) is 0 Å². The van der Waals surface area contributed by atoms with Crippen LogP contribution in [0.15, 0.2) is 18.2 Å². The van der Waals surface area contributed by atoms with Crippen molar-refractivity contribution in [3.63, 3.8) is 0 Å². The van der Waals surface area contributed by atoms with Crippen LogP contribution in [-0.2, 0) is 0 Å². The third-order valence-electron chi connectivity index (χ3n) is 3.07. The molecule has 1 atom stereocenters. The summed E-state index contributed by atoms with van der Waals surface area (Å²) in [7, 11) is 0. The standard InChI is InChI=1S/C13H18N2O4/c1-8-5-6-11(15(18)19)10(7-8)12(17)14-13(3,4)9(2)16/h5-7,9,16H,1-4H3,(H,14,17). The lowest BCUT2D eigenvalue weighted by atomic mass is 9.97. The molecule has 1 rings (SSSR count). The number of nitrogens with zero attached hydrogens (tertiary/aromatic N) is 1. The van der Waals surface area contributed by atoms with E-state index < -0.39 is 22.5 Å². The first kappa shape index (κ1) is 15.1. The Morgan fingerprint density at radius 2 is 2.05 bits per heavy atom. The van der Waals surface area contributed by atoms with Crippen molar-refractivity contribution in [2.24, 2.45) is 0 Å². The Morgan fingerprint density at radius 3 is 2.53 bits per heavy atom. The quantitative estimate of drug-likeness (QED) is 0.642. The average Bonchev–Trinajstić information content (AvgIpc) is 2.27. The monoisotopic (exact) mass is 266 g/mol. The van der Waals surface area contributed by atoms with Gasteiger partial charge in [-0.2, -0.15) is 0 Å². The summed E-state index contributed by atoms with van der Waals surface area (Å²) in [4.78, 5) is 22.4. The molecule has 1 unspecified atom stereocenters. The Balaban J connectivity index is 3.13. The van der Waals surface area contributed by atoms with E-state index in [-0.39, 0.29) is 11.3 Å². The third kappa shape index (κ3) is 3.51. The number of benzene rings is 1. The highest BCUT2D eigenvalue weighted by atomic mass is 16.6. The van der Waals surface area contributed by atoms with Crippen molar-refractivity contribution in [2.45, 2.75) is 39.3 Å². The summed E-state index contributed by atoms with van der Waals surface area (Å²) < 4.78 is 0. The molecule has 1 aromatic carbocycles. The van der Waals surface area contributed by atoms with Gasteiger partial charge in [-0.15, -0.1) is 0 Å². The molecule has 0 aliphatic rings. The molecule has 2 N–H and O–H groups in total.